The molecule has 0 spiro atoms. The fraction of sp³-hybridized carbons (Fsp3) is 0.500. The van der Waals surface area contributed by atoms with E-state index in [0.29, 0.717) is 11.8 Å². The van der Waals surface area contributed by atoms with Crippen LogP contribution in [0.1, 0.15) is 12.8 Å². The van der Waals surface area contributed by atoms with Crippen molar-refractivity contribution in [2.45, 2.75) is 30.0 Å². The van der Waals surface area contributed by atoms with Crippen LogP contribution in [0.3, 0.4) is 0 Å². The first-order valence-electron chi connectivity index (χ1n) is 5.13. The van der Waals surface area contributed by atoms with Crippen LogP contribution in [0.5, 0.6) is 0 Å². The van der Waals surface area contributed by atoms with E-state index in [-0.39, 0.29) is 0 Å². The second-order valence-electron chi connectivity index (χ2n) is 3.69. The van der Waals surface area contributed by atoms with Crippen LogP contribution in [0, 0.1) is 0 Å². The number of nitrogens with one attached hydrogen (secondary N) is 1. The van der Waals surface area contributed by atoms with Crippen LogP contribution in [0.25, 0.3) is 0 Å². The van der Waals surface area contributed by atoms with Crippen LogP contribution in [0.4, 0.5) is 0 Å². The lowest BCUT2D eigenvalue weighted by atomic mass is 10.3. The maximum absolute atomic E-state index is 11.0. The minimum absolute atomic E-state index is 0.392. The minimum Gasteiger partial charge on any atom is -0.480 e. The molecule has 0 aromatic carbocycles. The van der Waals surface area contributed by atoms with Crippen molar-refractivity contribution in [3.8, 4) is 0 Å². The predicted molar refractivity (Wildman–Crippen MR) is 60.3 cm³/mol. The average molecular weight is 239 g/mol. The fourth-order valence-electron chi connectivity index (χ4n) is 1.25. The third-order valence-corrected chi connectivity index (χ3v) is 3.26. The molecule has 0 aliphatic heterocycles. The van der Waals surface area contributed by atoms with Gasteiger partial charge >= 0.3 is 5.97 Å². The molecule has 2 N–H and O–H groups in total. The van der Waals surface area contributed by atoms with Crippen LogP contribution in [-0.2, 0) is 4.79 Å². The number of rotatable bonds is 6. The number of hydrogen-bond acceptors (Lipinski definition) is 5. The Kier molecular flexibility index (Phi) is 3.74. The maximum atomic E-state index is 11.0. The van der Waals surface area contributed by atoms with Gasteiger partial charge in [0, 0.05) is 24.2 Å². The summed E-state index contributed by atoms with van der Waals surface area (Å²) in [6.07, 6.45) is 7.01. The number of carbonyl (C=O) groups is 1. The highest BCUT2D eigenvalue weighted by Gasteiger charge is 2.28. The van der Waals surface area contributed by atoms with Crippen LogP contribution in [-0.4, -0.2) is 38.9 Å². The molecule has 1 fully saturated rings. The minimum atomic E-state index is -0.803. The number of hydrogen-bond donors (Lipinski definition) is 2. The van der Waals surface area contributed by atoms with Gasteiger partial charge in [0.2, 0.25) is 0 Å². The summed E-state index contributed by atoms with van der Waals surface area (Å²) in [4.78, 5) is 19.0. The van der Waals surface area contributed by atoms with Gasteiger partial charge in [0.15, 0.2) is 0 Å². The molecule has 0 bridgehead atoms. The molecule has 86 valence electrons. The van der Waals surface area contributed by atoms with Crippen molar-refractivity contribution in [1.29, 1.82) is 0 Å². The van der Waals surface area contributed by atoms with E-state index in [2.05, 4.69) is 15.3 Å². The van der Waals surface area contributed by atoms with Crippen LogP contribution >= 0.6 is 11.8 Å². The monoisotopic (exact) mass is 239 g/mol. The van der Waals surface area contributed by atoms with E-state index in [1.807, 2.05) is 0 Å². The smallest absolute Gasteiger partial charge is 0.321 e. The number of aromatic nitrogens is 2. The standard InChI is InChI=1S/C10H13N3O2S/c14-10(15)8(13-7-1-2-7)6-16-9-5-11-3-4-12-9/h3-5,7-8,13H,1-2,6H2,(H,14,15). The summed E-state index contributed by atoms with van der Waals surface area (Å²) in [7, 11) is 0. The largest absolute Gasteiger partial charge is 0.480 e. The van der Waals surface area contributed by atoms with Crippen molar-refractivity contribution in [3.63, 3.8) is 0 Å². The first-order valence-corrected chi connectivity index (χ1v) is 6.12. The molecular formula is C10H13N3O2S. The highest BCUT2D eigenvalue weighted by atomic mass is 32.2. The Morgan fingerprint density at radius 2 is 2.44 bits per heavy atom. The number of aliphatic carboxylic acids is 1. The molecule has 1 saturated carbocycles. The lowest BCUT2D eigenvalue weighted by Crippen LogP contribution is -2.40. The molecule has 1 aliphatic rings. The zero-order valence-corrected chi connectivity index (χ0v) is 9.48. The molecule has 1 aliphatic carbocycles. The molecule has 1 heterocycles. The van der Waals surface area contributed by atoms with Crippen molar-refractivity contribution in [2.24, 2.45) is 0 Å². The normalized spacial score (nSPS) is 17.0. The Balaban J connectivity index is 1.83. The van der Waals surface area contributed by atoms with Crippen molar-refractivity contribution in [1.82, 2.24) is 15.3 Å². The van der Waals surface area contributed by atoms with Gasteiger partial charge in [-0.25, -0.2) is 4.98 Å². The van der Waals surface area contributed by atoms with Gasteiger partial charge in [0.1, 0.15) is 11.1 Å². The number of nitrogens with zero attached hydrogens (tertiary/aromatic N) is 2. The van der Waals surface area contributed by atoms with Crippen LogP contribution in [0.15, 0.2) is 23.6 Å². The Morgan fingerprint density at radius 3 is 3.00 bits per heavy atom. The van der Waals surface area contributed by atoms with Gasteiger partial charge in [-0.2, -0.15) is 0 Å². The average Bonchev–Trinajstić information content (AvgIpc) is 3.09. The van der Waals surface area contributed by atoms with Crippen molar-refractivity contribution in [3.05, 3.63) is 18.6 Å². The highest BCUT2D eigenvalue weighted by molar-refractivity contribution is 7.99. The molecule has 1 atom stereocenters. The van der Waals surface area contributed by atoms with Crippen molar-refractivity contribution in [2.75, 3.05) is 5.75 Å². The summed E-state index contributed by atoms with van der Waals surface area (Å²) in [5.41, 5.74) is 0. The molecule has 0 saturated heterocycles. The van der Waals surface area contributed by atoms with E-state index in [1.165, 1.54) is 11.8 Å². The lowest BCUT2D eigenvalue weighted by Gasteiger charge is -2.12. The molecular weight excluding hydrogens is 226 g/mol. The van der Waals surface area contributed by atoms with Crippen molar-refractivity contribution < 1.29 is 9.90 Å². The van der Waals surface area contributed by atoms with E-state index in [1.54, 1.807) is 18.6 Å². The van der Waals surface area contributed by atoms with Gasteiger partial charge in [-0.05, 0) is 12.8 Å². The Hall–Kier alpha value is -1.14. The molecule has 6 heteroatoms. The molecule has 0 radical (unpaired) electrons. The summed E-state index contributed by atoms with van der Waals surface area (Å²) in [5, 5.41) is 12.9. The molecule has 5 nitrogen and oxygen atoms in total. The van der Waals surface area contributed by atoms with E-state index >= 15 is 0 Å². The highest BCUT2D eigenvalue weighted by Crippen LogP contribution is 2.21. The molecule has 1 unspecified atom stereocenters. The molecule has 1 aromatic rings. The van der Waals surface area contributed by atoms with E-state index in [4.69, 9.17) is 5.11 Å². The van der Waals surface area contributed by atoms with Gasteiger partial charge in [-0.3, -0.25) is 9.78 Å². The molecule has 16 heavy (non-hydrogen) atoms. The lowest BCUT2D eigenvalue weighted by molar-refractivity contribution is -0.138. The van der Waals surface area contributed by atoms with Gasteiger partial charge in [-0.1, -0.05) is 0 Å². The van der Waals surface area contributed by atoms with Gasteiger partial charge in [0.05, 0.1) is 6.20 Å². The van der Waals surface area contributed by atoms with Crippen molar-refractivity contribution >= 4 is 17.7 Å². The SMILES string of the molecule is O=C(O)C(CSc1cnccn1)NC1CC1. The topological polar surface area (TPSA) is 75.1 Å². The maximum Gasteiger partial charge on any atom is 0.321 e. The predicted octanol–water partition coefficient (Wildman–Crippen LogP) is 0.774. The Morgan fingerprint density at radius 1 is 1.62 bits per heavy atom. The van der Waals surface area contributed by atoms with E-state index in [9.17, 15) is 4.79 Å². The van der Waals surface area contributed by atoms with Gasteiger partial charge in [0.25, 0.3) is 0 Å². The van der Waals surface area contributed by atoms with E-state index < -0.39 is 12.0 Å². The van der Waals surface area contributed by atoms with Gasteiger partial charge < -0.3 is 10.4 Å². The first kappa shape index (κ1) is 11.3. The second-order valence-corrected chi connectivity index (χ2v) is 4.73. The summed E-state index contributed by atoms with van der Waals surface area (Å²) in [6.45, 7) is 0. The Bertz CT molecular complexity index is 356. The van der Waals surface area contributed by atoms with Crippen LogP contribution in [0.2, 0.25) is 0 Å². The fourth-order valence-corrected chi connectivity index (χ4v) is 2.10. The zero-order chi connectivity index (χ0) is 11.4. The second kappa shape index (κ2) is 5.27. The zero-order valence-electron chi connectivity index (χ0n) is 8.67. The third kappa shape index (κ3) is 3.46. The molecule has 1 aromatic heterocycles. The quantitative estimate of drug-likeness (QED) is 0.714. The third-order valence-electron chi connectivity index (χ3n) is 2.25. The Labute approximate surface area is 97.7 Å². The van der Waals surface area contributed by atoms with Crippen LogP contribution < -0.4 is 5.32 Å². The number of thioether (sulfide) groups is 1. The van der Waals surface area contributed by atoms with E-state index in [0.717, 1.165) is 17.9 Å². The molecule has 2 rings (SSSR count). The molecule has 0 amide bonds. The summed E-state index contributed by atoms with van der Waals surface area (Å²) in [5.74, 6) is -0.326. The van der Waals surface area contributed by atoms with Gasteiger partial charge in [-0.15, -0.1) is 11.8 Å². The number of carboxylic acid groups (broad SMARTS) is 1. The summed E-state index contributed by atoms with van der Waals surface area (Å²) in [6, 6.07) is -0.108. The first-order chi connectivity index (χ1) is 7.75. The number of carboxylic acids is 1. The summed E-state index contributed by atoms with van der Waals surface area (Å²) >= 11 is 1.41. The summed E-state index contributed by atoms with van der Waals surface area (Å²) < 4.78 is 0.